The van der Waals surface area contributed by atoms with E-state index < -0.39 is 15.8 Å². The van der Waals surface area contributed by atoms with Crippen LogP contribution in [-0.4, -0.2) is 21.4 Å². The van der Waals surface area contributed by atoms with E-state index >= 15 is 0 Å². The van der Waals surface area contributed by atoms with Crippen molar-refractivity contribution in [2.45, 2.75) is 4.90 Å². The molecule has 3 aromatic carbocycles. The molecule has 0 aromatic heterocycles. The van der Waals surface area contributed by atoms with Crippen LogP contribution in [0.5, 0.6) is 5.75 Å². The van der Waals surface area contributed by atoms with Crippen LogP contribution in [0.1, 0.15) is 10.4 Å². The standard InChI is InChI=1S/C20H17FN2O4S/c1-27-19-5-3-2-4-18(19)20(24)22-15-10-12-17(13-11-15)28(25,26)23-16-8-6-14(21)7-9-16/h2-13,23H,1H3,(H,22,24). The molecule has 0 saturated carbocycles. The third kappa shape index (κ3) is 4.47. The number of rotatable bonds is 6. The Morgan fingerprint density at radius 3 is 2.14 bits per heavy atom. The summed E-state index contributed by atoms with van der Waals surface area (Å²) in [5.41, 5.74) is 1.03. The SMILES string of the molecule is COc1ccccc1C(=O)Nc1ccc(S(=O)(=O)Nc2ccc(F)cc2)cc1. The van der Waals surface area contributed by atoms with E-state index in [4.69, 9.17) is 4.74 Å². The molecule has 0 aliphatic heterocycles. The first kappa shape index (κ1) is 19.4. The molecule has 0 spiro atoms. The summed E-state index contributed by atoms with van der Waals surface area (Å²) in [4.78, 5) is 12.4. The van der Waals surface area contributed by atoms with Gasteiger partial charge in [-0.25, -0.2) is 12.8 Å². The third-order valence-corrected chi connectivity index (χ3v) is 5.27. The number of halogens is 1. The van der Waals surface area contributed by atoms with Gasteiger partial charge >= 0.3 is 0 Å². The first-order valence-corrected chi connectivity index (χ1v) is 9.70. The molecule has 3 aromatic rings. The smallest absolute Gasteiger partial charge is 0.261 e. The highest BCUT2D eigenvalue weighted by Gasteiger charge is 2.15. The van der Waals surface area contributed by atoms with Crippen LogP contribution in [0.4, 0.5) is 15.8 Å². The van der Waals surface area contributed by atoms with Gasteiger partial charge in [0, 0.05) is 11.4 Å². The summed E-state index contributed by atoms with van der Waals surface area (Å²) in [7, 11) is -2.37. The Hall–Kier alpha value is -3.39. The normalized spacial score (nSPS) is 10.9. The van der Waals surface area contributed by atoms with Gasteiger partial charge in [0.1, 0.15) is 11.6 Å². The predicted molar refractivity (Wildman–Crippen MR) is 105 cm³/mol. The maximum Gasteiger partial charge on any atom is 0.261 e. The van der Waals surface area contributed by atoms with Gasteiger partial charge < -0.3 is 10.1 Å². The molecule has 0 fully saturated rings. The van der Waals surface area contributed by atoms with Crippen molar-refractivity contribution in [3.63, 3.8) is 0 Å². The Bertz CT molecular complexity index is 1080. The van der Waals surface area contributed by atoms with Crippen molar-refractivity contribution in [3.8, 4) is 5.75 Å². The Kier molecular flexibility index (Phi) is 5.60. The monoisotopic (exact) mass is 400 g/mol. The number of amides is 1. The minimum absolute atomic E-state index is 0.00659. The van der Waals surface area contributed by atoms with Crippen LogP contribution < -0.4 is 14.8 Å². The number of methoxy groups -OCH3 is 1. The molecular formula is C20H17FN2O4S. The van der Waals surface area contributed by atoms with E-state index in [1.54, 1.807) is 24.3 Å². The van der Waals surface area contributed by atoms with Crippen LogP contribution in [0.15, 0.2) is 77.7 Å². The molecule has 0 heterocycles. The molecule has 8 heteroatoms. The number of carbonyl (C=O) groups is 1. The number of para-hydroxylation sites is 1. The zero-order chi connectivity index (χ0) is 20.1. The number of hydrogen-bond acceptors (Lipinski definition) is 4. The fraction of sp³-hybridized carbons (Fsp3) is 0.0500. The highest BCUT2D eigenvalue weighted by molar-refractivity contribution is 7.92. The zero-order valence-electron chi connectivity index (χ0n) is 14.8. The molecule has 1 amide bonds. The summed E-state index contributed by atoms with van der Waals surface area (Å²) in [6, 6.07) is 17.4. The average molecular weight is 400 g/mol. The van der Waals surface area contributed by atoms with Gasteiger partial charge in [0.05, 0.1) is 17.6 Å². The van der Waals surface area contributed by atoms with Crippen molar-refractivity contribution >= 4 is 27.3 Å². The lowest BCUT2D eigenvalue weighted by Gasteiger charge is -2.11. The second-order valence-corrected chi connectivity index (χ2v) is 7.47. The first-order valence-electron chi connectivity index (χ1n) is 8.22. The predicted octanol–water partition coefficient (Wildman–Crippen LogP) is 3.89. The minimum Gasteiger partial charge on any atom is -0.496 e. The molecular weight excluding hydrogens is 383 g/mol. The maximum absolute atomic E-state index is 12.9. The van der Waals surface area contributed by atoms with Gasteiger partial charge in [0.2, 0.25) is 0 Å². The summed E-state index contributed by atoms with van der Waals surface area (Å²) in [6.07, 6.45) is 0. The number of benzene rings is 3. The molecule has 0 unspecified atom stereocenters. The van der Waals surface area contributed by atoms with Gasteiger partial charge in [0.15, 0.2) is 0 Å². The quantitative estimate of drug-likeness (QED) is 0.658. The lowest BCUT2D eigenvalue weighted by molar-refractivity contribution is 0.102. The van der Waals surface area contributed by atoms with Crippen LogP contribution in [0.3, 0.4) is 0 Å². The van der Waals surface area contributed by atoms with E-state index in [-0.39, 0.29) is 16.5 Å². The van der Waals surface area contributed by atoms with Crippen molar-refractivity contribution in [3.05, 3.63) is 84.2 Å². The highest BCUT2D eigenvalue weighted by Crippen LogP contribution is 2.21. The minimum atomic E-state index is -3.84. The molecule has 144 valence electrons. The fourth-order valence-electron chi connectivity index (χ4n) is 2.48. The Morgan fingerprint density at radius 1 is 0.893 bits per heavy atom. The molecule has 0 atom stereocenters. The molecule has 0 saturated heterocycles. The van der Waals surface area contributed by atoms with Crippen molar-refractivity contribution in [1.29, 1.82) is 0 Å². The lowest BCUT2D eigenvalue weighted by Crippen LogP contribution is -2.14. The van der Waals surface area contributed by atoms with Crippen molar-refractivity contribution < 1.29 is 22.3 Å². The van der Waals surface area contributed by atoms with Gasteiger partial charge in [-0.3, -0.25) is 9.52 Å². The average Bonchev–Trinajstić information content (AvgIpc) is 2.70. The summed E-state index contributed by atoms with van der Waals surface area (Å²) < 4.78 is 45.3. The lowest BCUT2D eigenvalue weighted by atomic mass is 10.2. The number of sulfonamides is 1. The second kappa shape index (κ2) is 8.10. The number of carbonyl (C=O) groups excluding carboxylic acids is 1. The van der Waals surface area contributed by atoms with E-state index in [1.807, 2.05) is 0 Å². The highest BCUT2D eigenvalue weighted by atomic mass is 32.2. The molecule has 6 nitrogen and oxygen atoms in total. The van der Waals surface area contributed by atoms with Crippen molar-refractivity contribution in [2.75, 3.05) is 17.1 Å². The first-order chi connectivity index (χ1) is 13.4. The van der Waals surface area contributed by atoms with Gasteiger partial charge in [0.25, 0.3) is 15.9 Å². The molecule has 0 aliphatic rings. The van der Waals surface area contributed by atoms with E-state index in [1.165, 1.54) is 43.5 Å². The molecule has 3 rings (SSSR count). The summed E-state index contributed by atoms with van der Waals surface area (Å²) in [6.45, 7) is 0. The molecule has 0 radical (unpaired) electrons. The van der Waals surface area contributed by atoms with Crippen LogP contribution >= 0.6 is 0 Å². The second-order valence-electron chi connectivity index (χ2n) is 5.79. The van der Waals surface area contributed by atoms with Crippen LogP contribution in [0.25, 0.3) is 0 Å². The molecule has 0 bridgehead atoms. The molecule has 2 N–H and O–H groups in total. The number of ether oxygens (including phenoxy) is 1. The molecule has 28 heavy (non-hydrogen) atoms. The van der Waals surface area contributed by atoms with Crippen LogP contribution in [-0.2, 0) is 10.0 Å². The van der Waals surface area contributed by atoms with Crippen molar-refractivity contribution in [1.82, 2.24) is 0 Å². The third-order valence-electron chi connectivity index (χ3n) is 3.87. The van der Waals surface area contributed by atoms with Gasteiger partial charge in [-0.2, -0.15) is 0 Å². The van der Waals surface area contributed by atoms with E-state index in [2.05, 4.69) is 10.0 Å². The Labute approximate surface area is 162 Å². The maximum atomic E-state index is 12.9. The molecule has 0 aliphatic carbocycles. The topological polar surface area (TPSA) is 84.5 Å². The largest absolute Gasteiger partial charge is 0.496 e. The van der Waals surface area contributed by atoms with E-state index in [9.17, 15) is 17.6 Å². The zero-order valence-corrected chi connectivity index (χ0v) is 15.7. The van der Waals surface area contributed by atoms with Gasteiger partial charge in [-0.05, 0) is 60.7 Å². The number of hydrogen-bond donors (Lipinski definition) is 2. The van der Waals surface area contributed by atoms with Crippen LogP contribution in [0, 0.1) is 5.82 Å². The van der Waals surface area contributed by atoms with E-state index in [0.717, 1.165) is 12.1 Å². The number of anilines is 2. The summed E-state index contributed by atoms with van der Waals surface area (Å²) in [5, 5.41) is 2.69. The van der Waals surface area contributed by atoms with Gasteiger partial charge in [-0.15, -0.1) is 0 Å². The van der Waals surface area contributed by atoms with Crippen LogP contribution in [0.2, 0.25) is 0 Å². The summed E-state index contributed by atoms with van der Waals surface area (Å²) >= 11 is 0. The Balaban J connectivity index is 1.74. The van der Waals surface area contributed by atoms with Crippen molar-refractivity contribution in [2.24, 2.45) is 0 Å². The Morgan fingerprint density at radius 2 is 1.50 bits per heavy atom. The number of nitrogens with one attached hydrogen (secondary N) is 2. The van der Waals surface area contributed by atoms with Gasteiger partial charge in [-0.1, -0.05) is 12.1 Å². The van der Waals surface area contributed by atoms with E-state index in [0.29, 0.717) is 17.0 Å². The fourth-order valence-corrected chi connectivity index (χ4v) is 3.54. The summed E-state index contributed by atoms with van der Waals surface area (Å²) in [5.74, 6) is -0.404.